The van der Waals surface area contributed by atoms with E-state index in [-0.39, 0.29) is 17.6 Å². The maximum Gasteiger partial charge on any atom is 0.209 e. The number of rotatable bonds is 2. The van der Waals surface area contributed by atoms with Crippen molar-refractivity contribution in [2.45, 2.75) is 19.4 Å². The molecule has 0 radical (unpaired) electrons. The molecular formula is C15H12ClNO2. The van der Waals surface area contributed by atoms with Gasteiger partial charge in [-0.25, -0.2) is 0 Å². The van der Waals surface area contributed by atoms with Crippen LogP contribution in [0.4, 0.5) is 0 Å². The fourth-order valence-electron chi connectivity index (χ4n) is 2.55. The Morgan fingerprint density at radius 1 is 1.21 bits per heavy atom. The van der Waals surface area contributed by atoms with E-state index in [9.17, 15) is 9.59 Å². The molecule has 0 bridgehead atoms. The molecule has 0 saturated heterocycles. The van der Waals surface area contributed by atoms with Crippen LogP contribution in [0.3, 0.4) is 0 Å². The van der Waals surface area contributed by atoms with Crippen LogP contribution in [0.15, 0.2) is 36.4 Å². The highest BCUT2D eigenvalue weighted by Gasteiger charge is 2.30. The van der Waals surface area contributed by atoms with Crippen molar-refractivity contribution in [3.05, 3.63) is 58.4 Å². The fourth-order valence-corrected chi connectivity index (χ4v) is 2.67. The maximum atomic E-state index is 12.5. The third kappa shape index (κ3) is 1.90. The summed E-state index contributed by atoms with van der Waals surface area (Å²) in [5.74, 6) is 0.0205. The van der Waals surface area contributed by atoms with Crippen LogP contribution in [-0.4, -0.2) is 16.1 Å². The molecule has 3 rings (SSSR count). The Bertz CT molecular complexity index is 670. The molecule has 1 aromatic heterocycles. The monoisotopic (exact) mass is 273 g/mol. The van der Waals surface area contributed by atoms with E-state index >= 15 is 0 Å². The van der Waals surface area contributed by atoms with Crippen molar-refractivity contribution in [2.24, 2.45) is 0 Å². The molecule has 0 aliphatic carbocycles. The number of carbonyl (C=O) groups is 2. The summed E-state index contributed by atoms with van der Waals surface area (Å²) >= 11 is 5.82. The molecule has 3 nitrogen and oxygen atoms in total. The van der Waals surface area contributed by atoms with E-state index < -0.39 is 0 Å². The van der Waals surface area contributed by atoms with Crippen molar-refractivity contribution in [3.63, 3.8) is 0 Å². The fraction of sp³-hybridized carbons (Fsp3) is 0.200. The minimum absolute atomic E-state index is 0.0451. The molecule has 0 spiro atoms. The number of Topliss-reactive ketones (excluding diaryl/α,β-unsaturated/α-hetero) is 1. The summed E-state index contributed by atoms with van der Waals surface area (Å²) in [4.78, 5) is 24.2. The standard InChI is InChI=1S/C15H12ClNO2/c1-9-8-14(18)12-6-7-13(17(9)12)15(19)10-2-4-11(16)5-3-10/h2-7,9H,8H2,1H3/t9-/m1/s1. The van der Waals surface area contributed by atoms with Gasteiger partial charge in [-0.15, -0.1) is 0 Å². The lowest BCUT2D eigenvalue weighted by molar-refractivity contribution is 0.0988. The van der Waals surface area contributed by atoms with Gasteiger partial charge >= 0.3 is 0 Å². The molecule has 19 heavy (non-hydrogen) atoms. The van der Waals surface area contributed by atoms with Gasteiger partial charge < -0.3 is 4.57 Å². The van der Waals surface area contributed by atoms with Crippen LogP contribution in [0.25, 0.3) is 0 Å². The summed E-state index contributed by atoms with van der Waals surface area (Å²) in [6.07, 6.45) is 0.469. The van der Waals surface area contributed by atoms with Crippen LogP contribution in [0, 0.1) is 0 Å². The lowest BCUT2D eigenvalue weighted by Gasteiger charge is -2.10. The molecule has 0 unspecified atom stereocenters. The molecule has 4 heteroatoms. The van der Waals surface area contributed by atoms with Gasteiger partial charge in [0.05, 0.1) is 11.4 Å². The zero-order chi connectivity index (χ0) is 13.6. The summed E-state index contributed by atoms with van der Waals surface area (Å²) in [6.45, 7) is 1.95. The van der Waals surface area contributed by atoms with E-state index in [1.165, 1.54) is 0 Å². The quantitative estimate of drug-likeness (QED) is 0.786. The molecule has 0 amide bonds. The Hall–Kier alpha value is -1.87. The minimum Gasteiger partial charge on any atom is -0.332 e. The molecule has 2 aromatic rings. The zero-order valence-electron chi connectivity index (χ0n) is 10.4. The average Bonchev–Trinajstić information content (AvgIpc) is 2.93. The topological polar surface area (TPSA) is 39.1 Å². The van der Waals surface area contributed by atoms with E-state index in [2.05, 4.69) is 0 Å². The van der Waals surface area contributed by atoms with Gasteiger partial charge in [-0.2, -0.15) is 0 Å². The van der Waals surface area contributed by atoms with E-state index in [1.54, 1.807) is 36.4 Å². The van der Waals surface area contributed by atoms with E-state index in [0.29, 0.717) is 28.4 Å². The smallest absolute Gasteiger partial charge is 0.209 e. The van der Waals surface area contributed by atoms with Gasteiger partial charge in [0.15, 0.2) is 5.78 Å². The second kappa shape index (κ2) is 4.35. The number of hydrogen-bond acceptors (Lipinski definition) is 2. The number of nitrogens with zero attached hydrogens (tertiary/aromatic N) is 1. The van der Waals surface area contributed by atoms with Gasteiger partial charge in [0.2, 0.25) is 5.78 Å². The van der Waals surface area contributed by atoms with Crippen molar-refractivity contribution >= 4 is 23.2 Å². The highest BCUT2D eigenvalue weighted by Crippen LogP contribution is 2.29. The molecule has 0 saturated carbocycles. The summed E-state index contributed by atoms with van der Waals surface area (Å²) < 4.78 is 1.83. The van der Waals surface area contributed by atoms with Crippen LogP contribution < -0.4 is 0 Å². The first-order chi connectivity index (χ1) is 9.08. The third-order valence-electron chi connectivity index (χ3n) is 3.46. The lowest BCUT2D eigenvalue weighted by Crippen LogP contribution is -2.11. The predicted octanol–water partition coefficient (Wildman–Crippen LogP) is 3.52. The van der Waals surface area contributed by atoms with Crippen molar-refractivity contribution < 1.29 is 9.59 Å². The number of halogens is 1. The van der Waals surface area contributed by atoms with Gasteiger partial charge in [-0.1, -0.05) is 11.6 Å². The average molecular weight is 274 g/mol. The Kier molecular flexibility index (Phi) is 2.79. The highest BCUT2D eigenvalue weighted by atomic mass is 35.5. The lowest BCUT2D eigenvalue weighted by atomic mass is 10.1. The van der Waals surface area contributed by atoms with Crippen molar-refractivity contribution in [1.29, 1.82) is 0 Å². The van der Waals surface area contributed by atoms with Crippen LogP contribution in [0.1, 0.15) is 45.9 Å². The first-order valence-electron chi connectivity index (χ1n) is 6.12. The number of benzene rings is 1. The number of ketones is 2. The Balaban J connectivity index is 2.04. The summed E-state index contributed by atoms with van der Waals surface area (Å²) in [5.41, 5.74) is 1.78. The first kappa shape index (κ1) is 12.2. The normalized spacial score (nSPS) is 17.6. The second-order valence-corrected chi connectivity index (χ2v) is 5.22. The van der Waals surface area contributed by atoms with Gasteiger partial charge in [-0.3, -0.25) is 9.59 Å². The zero-order valence-corrected chi connectivity index (χ0v) is 11.1. The number of fused-ring (bicyclic) bond motifs is 1. The molecule has 0 fully saturated rings. The van der Waals surface area contributed by atoms with Crippen LogP contribution in [-0.2, 0) is 0 Å². The molecule has 1 atom stereocenters. The SMILES string of the molecule is C[C@@H]1CC(=O)c2ccc(C(=O)c3ccc(Cl)cc3)n21. The molecule has 0 N–H and O–H groups in total. The van der Waals surface area contributed by atoms with Gasteiger partial charge in [-0.05, 0) is 43.3 Å². The van der Waals surface area contributed by atoms with E-state index in [4.69, 9.17) is 11.6 Å². The largest absolute Gasteiger partial charge is 0.332 e. The maximum absolute atomic E-state index is 12.5. The molecule has 1 aliphatic rings. The first-order valence-corrected chi connectivity index (χ1v) is 6.50. The summed E-state index contributed by atoms with van der Waals surface area (Å²) in [6, 6.07) is 10.3. The van der Waals surface area contributed by atoms with Gasteiger partial charge in [0, 0.05) is 23.0 Å². The van der Waals surface area contributed by atoms with Crippen LogP contribution >= 0.6 is 11.6 Å². The molecule has 1 aromatic carbocycles. The summed E-state index contributed by atoms with van der Waals surface area (Å²) in [7, 11) is 0. The van der Waals surface area contributed by atoms with E-state index in [0.717, 1.165) is 0 Å². The minimum atomic E-state index is -0.0792. The molecule has 1 aliphatic heterocycles. The van der Waals surface area contributed by atoms with Crippen LogP contribution in [0.5, 0.6) is 0 Å². The van der Waals surface area contributed by atoms with Crippen molar-refractivity contribution in [2.75, 3.05) is 0 Å². The highest BCUT2D eigenvalue weighted by molar-refractivity contribution is 6.30. The number of aromatic nitrogens is 1. The van der Waals surface area contributed by atoms with Crippen molar-refractivity contribution in [3.8, 4) is 0 Å². The Labute approximate surface area is 115 Å². The molecular weight excluding hydrogens is 262 g/mol. The Morgan fingerprint density at radius 2 is 1.89 bits per heavy atom. The van der Waals surface area contributed by atoms with Crippen molar-refractivity contribution in [1.82, 2.24) is 4.57 Å². The van der Waals surface area contributed by atoms with E-state index in [1.807, 2.05) is 11.5 Å². The number of carbonyl (C=O) groups excluding carboxylic acids is 2. The summed E-state index contributed by atoms with van der Waals surface area (Å²) in [5, 5.41) is 0.598. The molecule has 96 valence electrons. The Morgan fingerprint density at radius 3 is 2.58 bits per heavy atom. The van der Waals surface area contributed by atoms with Gasteiger partial charge in [0.1, 0.15) is 0 Å². The second-order valence-electron chi connectivity index (χ2n) is 4.79. The predicted molar refractivity (Wildman–Crippen MR) is 73.0 cm³/mol. The molecule has 2 heterocycles. The number of hydrogen-bond donors (Lipinski definition) is 0. The third-order valence-corrected chi connectivity index (χ3v) is 3.72. The van der Waals surface area contributed by atoms with Gasteiger partial charge in [0.25, 0.3) is 0 Å². The van der Waals surface area contributed by atoms with Crippen LogP contribution in [0.2, 0.25) is 5.02 Å².